The van der Waals surface area contributed by atoms with Crippen LogP contribution in [0.25, 0.3) is 0 Å². The molecular weight excluding hydrogens is 332 g/mol. The Hall–Kier alpha value is -2.84. The quantitative estimate of drug-likeness (QED) is 0.431. The minimum Gasteiger partial charge on any atom is -0.493 e. The second-order valence-electron chi connectivity index (χ2n) is 5.54. The fraction of sp³-hybridized carbons (Fsp3) is 0.500. The molecule has 25 heavy (non-hydrogen) atoms. The fourth-order valence-electron chi connectivity index (χ4n) is 2.12. The van der Waals surface area contributed by atoms with Crippen LogP contribution >= 0.6 is 0 Å². The highest BCUT2D eigenvalue weighted by Crippen LogP contribution is 2.35. The molecule has 0 aliphatic heterocycles. The van der Waals surface area contributed by atoms with Crippen molar-refractivity contribution in [2.45, 2.75) is 38.8 Å². The average Bonchev–Trinajstić information content (AvgIpc) is 3.38. The van der Waals surface area contributed by atoms with Gasteiger partial charge >= 0.3 is 5.97 Å². The summed E-state index contributed by atoms with van der Waals surface area (Å²) in [6.45, 7) is 3.40. The van der Waals surface area contributed by atoms with Crippen LogP contribution in [0.2, 0.25) is 0 Å². The van der Waals surface area contributed by atoms with Crippen LogP contribution in [-0.2, 0) is 9.53 Å². The third-order valence-corrected chi connectivity index (χ3v) is 3.58. The highest BCUT2D eigenvalue weighted by Gasteiger charge is 2.30. The van der Waals surface area contributed by atoms with Crippen molar-refractivity contribution in [2.75, 3.05) is 13.7 Å². The van der Waals surface area contributed by atoms with Gasteiger partial charge in [-0.05, 0) is 26.7 Å². The van der Waals surface area contributed by atoms with Crippen LogP contribution in [0.4, 0.5) is 5.69 Å². The largest absolute Gasteiger partial charge is 0.493 e. The lowest BCUT2D eigenvalue weighted by Crippen LogP contribution is -2.37. The van der Waals surface area contributed by atoms with E-state index < -0.39 is 28.6 Å². The third-order valence-electron chi connectivity index (χ3n) is 3.58. The number of benzene rings is 1. The average molecular weight is 352 g/mol. The SMILES string of the molecule is CCOc1cc([N+](=O)[O-])c(C(=O)OC(C)C(=O)NC2CC2)cc1OC. The first-order valence-corrected chi connectivity index (χ1v) is 7.88. The Kier molecular flexibility index (Phi) is 5.79. The van der Waals surface area contributed by atoms with E-state index in [1.807, 2.05) is 0 Å². The van der Waals surface area contributed by atoms with Crippen LogP contribution in [0.1, 0.15) is 37.0 Å². The van der Waals surface area contributed by atoms with Crippen molar-refractivity contribution in [3.63, 3.8) is 0 Å². The maximum atomic E-state index is 12.3. The van der Waals surface area contributed by atoms with Gasteiger partial charge in [0, 0.05) is 12.1 Å². The Morgan fingerprint density at radius 2 is 2.04 bits per heavy atom. The lowest BCUT2D eigenvalue weighted by Gasteiger charge is -2.15. The Morgan fingerprint density at radius 3 is 2.56 bits per heavy atom. The van der Waals surface area contributed by atoms with Crippen molar-refractivity contribution in [3.8, 4) is 11.5 Å². The monoisotopic (exact) mass is 352 g/mol. The van der Waals surface area contributed by atoms with Gasteiger partial charge in [0.15, 0.2) is 17.6 Å². The molecule has 0 aromatic heterocycles. The molecule has 9 nitrogen and oxygen atoms in total. The standard InChI is InChI=1S/C16H20N2O7/c1-4-24-14-8-12(18(21)22)11(7-13(14)23-3)16(20)25-9(2)15(19)17-10-5-6-10/h7-10H,4-6H2,1-3H3,(H,17,19). The first-order chi connectivity index (χ1) is 11.9. The van der Waals surface area contributed by atoms with Crippen LogP contribution < -0.4 is 14.8 Å². The number of nitro benzene ring substituents is 1. The smallest absolute Gasteiger partial charge is 0.346 e. The Labute approximate surface area is 144 Å². The second kappa shape index (κ2) is 7.82. The molecule has 1 aromatic carbocycles. The minimum absolute atomic E-state index is 0.119. The molecular formula is C16H20N2O7. The number of ether oxygens (including phenoxy) is 3. The summed E-state index contributed by atoms with van der Waals surface area (Å²) in [6.07, 6.45) is 0.729. The van der Waals surface area contributed by atoms with Crippen LogP contribution in [0, 0.1) is 10.1 Å². The zero-order chi connectivity index (χ0) is 18.6. The number of hydrogen-bond acceptors (Lipinski definition) is 7. The van der Waals surface area contributed by atoms with Gasteiger partial charge in [0.05, 0.1) is 24.7 Å². The van der Waals surface area contributed by atoms with Crippen LogP contribution in [-0.4, -0.2) is 42.7 Å². The molecule has 0 radical (unpaired) electrons. The number of nitrogens with zero attached hydrogens (tertiary/aromatic N) is 1. The second-order valence-corrected chi connectivity index (χ2v) is 5.54. The van der Waals surface area contributed by atoms with Gasteiger partial charge in [-0.15, -0.1) is 0 Å². The third kappa shape index (κ3) is 4.59. The molecule has 1 atom stereocenters. The molecule has 1 unspecified atom stereocenters. The highest BCUT2D eigenvalue weighted by molar-refractivity contribution is 5.96. The first-order valence-electron chi connectivity index (χ1n) is 7.88. The Bertz CT molecular complexity index is 685. The van der Waals surface area contributed by atoms with E-state index in [2.05, 4.69) is 5.32 Å². The van der Waals surface area contributed by atoms with E-state index in [0.29, 0.717) is 0 Å². The summed E-state index contributed by atoms with van der Waals surface area (Å²) in [5, 5.41) is 14.0. The highest BCUT2D eigenvalue weighted by atomic mass is 16.6. The first kappa shape index (κ1) is 18.5. The van der Waals surface area contributed by atoms with Crippen molar-refractivity contribution in [1.29, 1.82) is 0 Å². The molecule has 0 heterocycles. The van der Waals surface area contributed by atoms with Crippen molar-refractivity contribution >= 4 is 17.6 Å². The molecule has 1 fully saturated rings. The molecule has 0 saturated heterocycles. The Balaban J connectivity index is 2.24. The van der Waals surface area contributed by atoms with E-state index in [1.165, 1.54) is 20.1 Å². The summed E-state index contributed by atoms with van der Waals surface area (Å²) in [6, 6.07) is 2.40. The van der Waals surface area contributed by atoms with E-state index in [4.69, 9.17) is 14.2 Å². The molecule has 1 amide bonds. The number of esters is 1. The van der Waals surface area contributed by atoms with E-state index in [-0.39, 0.29) is 29.7 Å². The molecule has 0 bridgehead atoms. The predicted molar refractivity (Wildman–Crippen MR) is 86.9 cm³/mol. The van der Waals surface area contributed by atoms with Gasteiger partial charge in [-0.1, -0.05) is 0 Å². The van der Waals surface area contributed by atoms with Gasteiger partial charge in [0.2, 0.25) is 0 Å². The van der Waals surface area contributed by atoms with Crippen molar-refractivity contribution in [3.05, 3.63) is 27.8 Å². The predicted octanol–water partition coefficient (Wildman–Crippen LogP) is 1.83. The fourth-order valence-corrected chi connectivity index (χ4v) is 2.12. The topological polar surface area (TPSA) is 117 Å². The molecule has 1 aromatic rings. The van der Waals surface area contributed by atoms with Gasteiger partial charge in [-0.25, -0.2) is 4.79 Å². The summed E-state index contributed by atoms with van der Waals surface area (Å²) in [7, 11) is 1.35. The number of nitro groups is 1. The molecule has 136 valence electrons. The normalized spacial score (nSPS) is 14.4. The number of amides is 1. The number of carbonyl (C=O) groups is 2. The van der Waals surface area contributed by atoms with Crippen LogP contribution in [0.3, 0.4) is 0 Å². The maximum Gasteiger partial charge on any atom is 0.346 e. The molecule has 2 rings (SSSR count). The van der Waals surface area contributed by atoms with Gasteiger partial charge in [-0.2, -0.15) is 0 Å². The number of carbonyl (C=O) groups excluding carboxylic acids is 2. The van der Waals surface area contributed by atoms with E-state index in [0.717, 1.165) is 18.9 Å². The van der Waals surface area contributed by atoms with Crippen molar-refractivity contribution in [2.24, 2.45) is 0 Å². The summed E-state index contributed by atoms with van der Waals surface area (Å²) in [5.74, 6) is -1.11. The van der Waals surface area contributed by atoms with Crippen molar-refractivity contribution in [1.82, 2.24) is 5.32 Å². The molecule has 1 saturated carbocycles. The summed E-state index contributed by atoms with van der Waals surface area (Å²) in [4.78, 5) is 34.8. The van der Waals surface area contributed by atoms with Crippen molar-refractivity contribution < 1.29 is 28.7 Å². The van der Waals surface area contributed by atoms with Gasteiger partial charge in [-0.3, -0.25) is 14.9 Å². The van der Waals surface area contributed by atoms with Crippen LogP contribution in [0.15, 0.2) is 12.1 Å². The molecule has 1 aliphatic carbocycles. The molecule has 1 N–H and O–H groups in total. The lowest BCUT2D eigenvalue weighted by molar-refractivity contribution is -0.385. The van der Waals surface area contributed by atoms with Crippen LogP contribution in [0.5, 0.6) is 11.5 Å². The number of rotatable bonds is 8. The zero-order valence-corrected chi connectivity index (χ0v) is 14.2. The van der Waals surface area contributed by atoms with E-state index >= 15 is 0 Å². The zero-order valence-electron chi connectivity index (χ0n) is 14.2. The molecule has 9 heteroatoms. The van der Waals surface area contributed by atoms with E-state index in [9.17, 15) is 19.7 Å². The van der Waals surface area contributed by atoms with Gasteiger partial charge in [0.25, 0.3) is 11.6 Å². The van der Waals surface area contributed by atoms with Gasteiger partial charge in [0.1, 0.15) is 5.56 Å². The summed E-state index contributed by atoms with van der Waals surface area (Å²) < 4.78 is 15.4. The molecule has 1 aliphatic rings. The number of nitrogens with one attached hydrogen (secondary N) is 1. The van der Waals surface area contributed by atoms with E-state index in [1.54, 1.807) is 6.92 Å². The summed E-state index contributed by atoms with van der Waals surface area (Å²) in [5.41, 5.74) is -0.791. The summed E-state index contributed by atoms with van der Waals surface area (Å²) >= 11 is 0. The number of hydrogen-bond donors (Lipinski definition) is 1. The minimum atomic E-state index is -1.06. The van der Waals surface area contributed by atoms with Gasteiger partial charge < -0.3 is 19.5 Å². The lowest BCUT2D eigenvalue weighted by atomic mass is 10.1. The maximum absolute atomic E-state index is 12.3. The Morgan fingerprint density at radius 1 is 1.36 bits per heavy atom. The molecule has 0 spiro atoms. The number of methoxy groups -OCH3 is 1.